The maximum atomic E-state index is 13.2. The van der Waals surface area contributed by atoms with E-state index < -0.39 is 0 Å². The molecule has 2 atom stereocenters. The fourth-order valence-corrected chi connectivity index (χ4v) is 4.96. The number of hydrogen-bond donors (Lipinski definition) is 1. The number of carbonyl (C=O) groups is 2. The summed E-state index contributed by atoms with van der Waals surface area (Å²) in [5.74, 6) is 0.00662. The van der Waals surface area contributed by atoms with E-state index in [1.807, 2.05) is 18.2 Å². The molecule has 3 fully saturated rings. The van der Waals surface area contributed by atoms with Crippen LogP contribution in [0.5, 0.6) is 0 Å². The molecule has 1 N–H and O–H groups in total. The first-order valence-corrected chi connectivity index (χ1v) is 11.2. The SMILES string of the molecule is O=C(CN1C(=O)/C(=C\c2ccccc2Cl)OC2CCCCC21)NC1CCCCC1. The van der Waals surface area contributed by atoms with Crippen LogP contribution in [0.4, 0.5) is 0 Å². The number of nitrogens with one attached hydrogen (secondary N) is 1. The molecule has 1 heterocycles. The van der Waals surface area contributed by atoms with Gasteiger partial charge in [-0.3, -0.25) is 9.59 Å². The van der Waals surface area contributed by atoms with E-state index in [-0.39, 0.29) is 42.3 Å². The number of halogens is 1. The van der Waals surface area contributed by atoms with E-state index in [1.54, 1.807) is 17.0 Å². The van der Waals surface area contributed by atoms with Crippen molar-refractivity contribution in [2.45, 2.75) is 76.0 Å². The Morgan fingerprint density at radius 1 is 1.10 bits per heavy atom. The third kappa shape index (κ3) is 4.77. The lowest BCUT2D eigenvalue weighted by atomic mass is 9.89. The number of morpholine rings is 1. The van der Waals surface area contributed by atoms with Crippen LogP contribution in [0.15, 0.2) is 30.0 Å². The van der Waals surface area contributed by atoms with Gasteiger partial charge in [-0.2, -0.15) is 0 Å². The summed E-state index contributed by atoms with van der Waals surface area (Å²) in [6.45, 7) is 0.0969. The average molecular weight is 417 g/mol. The molecule has 3 aliphatic rings. The topological polar surface area (TPSA) is 58.6 Å². The van der Waals surface area contributed by atoms with Crippen molar-refractivity contribution >= 4 is 29.5 Å². The van der Waals surface area contributed by atoms with Gasteiger partial charge in [0.25, 0.3) is 5.91 Å². The van der Waals surface area contributed by atoms with Crippen LogP contribution in [0, 0.1) is 0 Å². The molecule has 2 unspecified atom stereocenters. The van der Waals surface area contributed by atoms with Crippen LogP contribution < -0.4 is 5.32 Å². The summed E-state index contributed by atoms with van der Waals surface area (Å²) in [7, 11) is 0. The van der Waals surface area contributed by atoms with Gasteiger partial charge in [0.2, 0.25) is 5.91 Å². The van der Waals surface area contributed by atoms with E-state index in [9.17, 15) is 9.59 Å². The van der Waals surface area contributed by atoms with Crippen LogP contribution in [-0.4, -0.2) is 41.4 Å². The molecular weight excluding hydrogens is 388 g/mol. The lowest BCUT2D eigenvalue weighted by Crippen LogP contribution is -2.57. The van der Waals surface area contributed by atoms with E-state index in [1.165, 1.54) is 6.42 Å². The zero-order valence-corrected chi connectivity index (χ0v) is 17.5. The zero-order valence-electron chi connectivity index (χ0n) is 16.7. The summed E-state index contributed by atoms with van der Waals surface area (Å²) >= 11 is 6.27. The molecule has 5 nitrogen and oxygen atoms in total. The summed E-state index contributed by atoms with van der Waals surface area (Å²) < 4.78 is 6.10. The van der Waals surface area contributed by atoms with Gasteiger partial charge in [0.1, 0.15) is 12.6 Å². The summed E-state index contributed by atoms with van der Waals surface area (Å²) in [4.78, 5) is 27.7. The Labute approximate surface area is 177 Å². The standard InChI is InChI=1S/C23H29ClN2O3/c24-18-11-5-4-8-16(18)14-21-23(28)26(19-12-6-7-13-20(19)29-21)15-22(27)25-17-9-2-1-3-10-17/h4-5,8,11,14,17,19-20H,1-3,6-7,9-10,12-13,15H2,(H,25,27)/b21-14+. The van der Waals surface area contributed by atoms with Gasteiger partial charge in [0.15, 0.2) is 5.76 Å². The van der Waals surface area contributed by atoms with Gasteiger partial charge >= 0.3 is 0 Å². The number of fused-ring (bicyclic) bond motifs is 1. The lowest BCUT2D eigenvalue weighted by Gasteiger charge is -2.44. The highest BCUT2D eigenvalue weighted by Crippen LogP contribution is 2.33. The number of amides is 2. The molecule has 1 aromatic rings. The van der Waals surface area contributed by atoms with Crippen molar-refractivity contribution in [1.82, 2.24) is 10.2 Å². The number of carbonyl (C=O) groups excluding carboxylic acids is 2. The van der Waals surface area contributed by atoms with Crippen molar-refractivity contribution in [2.75, 3.05) is 6.54 Å². The van der Waals surface area contributed by atoms with Crippen LogP contribution >= 0.6 is 11.6 Å². The predicted molar refractivity (Wildman–Crippen MR) is 113 cm³/mol. The van der Waals surface area contributed by atoms with Gasteiger partial charge < -0.3 is 15.0 Å². The Balaban J connectivity index is 1.52. The minimum atomic E-state index is -0.216. The van der Waals surface area contributed by atoms with E-state index in [0.717, 1.165) is 56.9 Å². The number of hydrogen-bond acceptors (Lipinski definition) is 3. The molecule has 1 aliphatic heterocycles. The summed E-state index contributed by atoms with van der Waals surface area (Å²) in [6.07, 6.45) is 11.2. The summed E-state index contributed by atoms with van der Waals surface area (Å²) in [6, 6.07) is 7.60. The molecule has 156 valence electrons. The molecule has 0 radical (unpaired) electrons. The molecule has 2 saturated carbocycles. The van der Waals surface area contributed by atoms with E-state index in [4.69, 9.17) is 16.3 Å². The van der Waals surface area contributed by atoms with E-state index in [0.29, 0.717) is 5.02 Å². The number of ether oxygens (including phenoxy) is 1. The molecule has 4 rings (SSSR count). The number of benzene rings is 1. The predicted octanol–water partition coefficient (Wildman–Crippen LogP) is 4.30. The van der Waals surface area contributed by atoms with Crippen molar-refractivity contribution in [3.05, 3.63) is 40.6 Å². The molecule has 2 amide bonds. The van der Waals surface area contributed by atoms with Crippen molar-refractivity contribution in [3.8, 4) is 0 Å². The van der Waals surface area contributed by atoms with Crippen molar-refractivity contribution in [1.29, 1.82) is 0 Å². The van der Waals surface area contributed by atoms with E-state index >= 15 is 0 Å². The van der Waals surface area contributed by atoms with Gasteiger partial charge in [-0.15, -0.1) is 0 Å². The van der Waals surface area contributed by atoms with E-state index in [2.05, 4.69) is 5.32 Å². The van der Waals surface area contributed by atoms with Gasteiger partial charge in [0.05, 0.1) is 6.04 Å². The van der Waals surface area contributed by atoms with Crippen LogP contribution in [0.1, 0.15) is 63.4 Å². The molecule has 0 bridgehead atoms. The maximum Gasteiger partial charge on any atom is 0.289 e. The smallest absolute Gasteiger partial charge is 0.289 e. The Morgan fingerprint density at radius 2 is 1.83 bits per heavy atom. The van der Waals surface area contributed by atoms with Crippen LogP contribution in [0.25, 0.3) is 6.08 Å². The molecule has 1 saturated heterocycles. The average Bonchev–Trinajstić information content (AvgIpc) is 2.73. The Hall–Kier alpha value is -2.01. The molecule has 0 aromatic heterocycles. The Morgan fingerprint density at radius 3 is 2.62 bits per heavy atom. The normalized spacial score (nSPS) is 26.7. The molecule has 29 heavy (non-hydrogen) atoms. The minimum Gasteiger partial charge on any atom is -0.482 e. The fourth-order valence-electron chi connectivity index (χ4n) is 4.77. The second-order valence-electron chi connectivity index (χ2n) is 8.37. The molecule has 0 spiro atoms. The van der Waals surface area contributed by atoms with Crippen molar-refractivity contribution in [3.63, 3.8) is 0 Å². The highest BCUT2D eigenvalue weighted by molar-refractivity contribution is 6.32. The fraction of sp³-hybridized carbons (Fsp3) is 0.565. The van der Waals surface area contributed by atoms with Gasteiger partial charge in [-0.25, -0.2) is 0 Å². The largest absolute Gasteiger partial charge is 0.482 e. The maximum absolute atomic E-state index is 13.2. The van der Waals surface area contributed by atoms with Crippen LogP contribution in [-0.2, 0) is 14.3 Å². The second kappa shape index (κ2) is 9.21. The first kappa shape index (κ1) is 20.3. The highest BCUT2D eigenvalue weighted by Gasteiger charge is 2.42. The summed E-state index contributed by atoms with van der Waals surface area (Å²) in [5, 5.41) is 3.71. The van der Waals surface area contributed by atoms with Gasteiger partial charge in [0, 0.05) is 11.1 Å². The molecule has 6 heteroatoms. The Kier molecular flexibility index (Phi) is 6.43. The summed E-state index contributed by atoms with van der Waals surface area (Å²) in [5.41, 5.74) is 0.749. The second-order valence-corrected chi connectivity index (χ2v) is 8.78. The van der Waals surface area contributed by atoms with Gasteiger partial charge in [-0.1, -0.05) is 55.5 Å². The monoisotopic (exact) mass is 416 g/mol. The molecule has 2 aliphatic carbocycles. The van der Waals surface area contributed by atoms with Crippen molar-refractivity contribution in [2.24, 2.45) is 0 Å². The Bertz CT molecular complexity index is 788. The van der Waals surface area contributed by atoms with Gasteiger partial charge in [-0.05, 0) is 49.8 Å². The van der Waals surface area contributed by atoms with Crippen molar-refractivity contribution < 1.29 is 14.3 Å². The minimum absolute atomic E-state index is 0.0308. The first-order chi connectivity index (χ1) is 14.1. The van der Waals surface area contributed by atoms with Crippen LogP contribution in [0.2, 0.25) is 5.02 Å². The third-order valence-corrected chi connectivity index (χ3v) is 6.64. The lowest BCUT2D eigenvalue weighted by molar-refractivity contribution is -0.152. The molecule has 1 aromatic carbocycles. The quantitative estimate of drug-likeness (QED) is 0.744. The van der Waals surface area contributed by atoms with Crippen LogP contribution in [0.3, 0.4) is 0 Å². The zero-order chi connectivity index (χ0) is 20.2. The highest BCUT2D eigenvalue weighted by atomic mass is 35.5. The molecular formula is C23H29ClN2O3. The number of rotatable bonds is 4. The first-order valence-electron chi connectivity index (χ1n) is 10.8. The third-order valence-electron chi connectivity index (χ3n) is 6.29. The number of nitrogens with zero attached hydrogens (tertiary/aromatic N) is 1.